The van der Waals surface area contributed by atoms with Gasteiger partial charge in [0.15, 0.2) is 0 Å². The van der Waals surface area contributed by atoms with E-state index >= 15 is 0 Å². The summed E-state index contributed by atoms with van der Waals surface area (Å²) in [6.45, 7) is 0. The SMILES string of the molecule is Fc1ccc([Si])cc1I. The molecule has 3 heteroatoms. The molecule has 0 aliphatic rings. The lowest BCUT2D eigenvalue weighted by Gasteiger charge is -1.93. The standard InChI is InChI=1S/C6H3FISi/c7-5-2-1-4(9)3-6(5)8/h1-3H. The summed E-state index contributed by atoms with van der Waals surface area (Å²) in [5, 5.41) is 0.904. The summed E-state index contributed by atoms with van der Waals surface area (Å²) in [4.78, 5) is 0. The van der Waals surface area contributed by atoms with Crippen LogP contribution in [0.1, 0.15) is 0 Å². The average Bonchev–Trinajstić information content (AvgIpc) is 1.80. The molecule has 0 saturated carbocycles. The molecule has 0 aliphatic heterocycles. The Bertz CT molecular complexity index is 224. The van der Waals surface area contributed by atoms with Gasteiger partial charge in [0.1, 0.15) is 5.82 Å². The maximum absolute atomic E-state index is 12.5. The third-order valence-corrected chi connectivity index (χ3v) is 2.06. The summed E-state index contributed by atoms with van der Waals surface area (Å²) >= 11 is 1.94. The second-order valence-electron chi connectivity index (χ2n) is 1.63. The molecule has 0 saturated heterocycles. The van der Waals surface area contributed by atoms with Crippen LogP contribution in [0.3, 0.4) is 0 Å². The second-order valence-corrected chi connectivity index (χ2v) is 3.37. The predicted molar refractivity (Wildman–Crippen MR) is 44.5 cm³/mol. The molecule has 0 unspecified atom stereocenters. The van der Waals surface area contributed by atoms with Crippen molar-refractivity contribution in [2.75, 3.05) is 0 Å². The molecule has 0 bridgehead atoms. The molecule has 0 heterocycles. The van der Waals surface area contributed by atoms with Gasteiger partial charge in [0.05, 0.1) is 10.2 Å². The lowest BCUT2D eigenvalue weighted by Crippen LogP contribution is -2.02. The minimum atomic E-state index is -0.169. The Labute approximate surface area is 70.0 Å². The van der Waals surface area contributed by atoms with E-state index in [1.165, 1.54) is 6.07 Å². The van der Waals surface area contributed by atoms with E-state index in [1.807, 2.05) is 22.6 Å². The van der Waals surface area contributed by atoms with Gasteiger partial charge in [-0.05, 0) is 34.7 Å². The molecule has 0 aliphatic carbocycles. The maximum atomic E-state index is 12.5. The largest absolute Gasteiger partial charge is 0.206 e. The van der Waals surface area contributed by atoms with Crippen molar-refractivity contribution in [3.05, 3.63) is 27.6 Å². The normalized spacial score (nSPS) is 9.67. The molecule has 1 aromatic carbocycles. The van der Waals surface area contributed by atoms with E-state index in [-0.39, 0.29) is 5.82 Å². The van der Waals surface area contributed by atoms with Crippen LogP contribution in [0.5, 0.6) is 0 Å². The monoisotopic (exact) mass is 249 g/mol. The molecule has 3 radical (unpaired) electrons. The Morgan fingerprint density at radius 2 is 2.11 bits per heavy atom. The van der Waals surface area contributed by atoms with Crippen LogP contribution in [-0.4, -0.2) is 10.2 Å². The van der Waals surface area contributed by atoms with Crippen LogP contribution in [0.4, 0.5) is 4.39 Å². The molecule has 0 amide bonds. The topological polar surface area (TPSA) is 0 Å². The molecule has 0 fully saturated rings. The Morgan fingerprint density at radius 1 is 1.44 bits per heavy atom. The van der Waals surface area contributed by atoms with E-state index in [0.717, 1.165) is 5.19 Å². The zero-order valence-corrected chi connectivity index (χ0v) is 7.65. The van der Waals surface area contributed by atoms with Gasteiger partial charge >= 0.3 is 0 Å². The van der Waals surface area contributed by atoms with Crippen LogP contribution in [-0.2, 0) is 0 Å². The van der Waals surface area contributed by atoms with E-state index in [2.05, 4.69) is 10.2 Å². The van der Waals surface area contributed by atoms with E-state index in [0.29, 0.717) is 3.57 Å². The third kappa shape index (κ3) is 1.75. The van der Waals surface area contributed by atoms with Crippen molar-refractivity contribution in [2.24, 2.45) is 0 Å². The van der Waals surface area contributed by atoms with Crippen LogP contribution < -0.4 is 5.19 Å². The Balaban J connectivity index is 3.17. The van der Waals surface area contributed by atoms with Gasteiger partial charge in [0.25, 0.3) is 0 Å². The van der Waals surface area contributed by atoms with Crippen LogP contribution in [0, 0.1) is 9.39 Å². The van der Waals surface area contributed by atoms with Gasteiger partial charge in [-0.2, -0.15) is 0 Å². The number of benzene rings is 1. The minimum absolute atomic E-state index is 0.169. The molecule has 0 aromatic heterocycles. The number of rotatable bonds is 0. The fraction of sp³-hybridized carbons (Fsp3) is 0. The lowest BCUT2D eigenvalue weighted by atomic mass is 10.3. The van der Waals surface area contributed by atoms with Crippen LogP contribution in [0.25, 0.3) is 0 Å². The summed E-state index contributed by atoms with van der Waals surface area (Å²) in [7, 11) is 3.27. The Hall–Kier alpha value is 0.0969. The fourth-order valence-electron chi connectivity index (χ4n) is 0.496. The summed E-state index contributed by atoms with van der Waals surface area (Å²) in [5.41, 5.74) is 0. The van der Waals surface area contributed by atoms with Gasteiger partial charge in [-0.25, -0.2) is 4.39 Å². The Morgan fingerprint density at radius 3 is 2.56 bits per heavy atom. The zero-order chi connectivity index (χ0) is 6.85. The number of hydrogen-bond donors (Lipinski definition) is 0. The van der Waals surface area contributed by atoms with Gasteiger partial charge in [0, 0.05) is 3.57 Å². The van der Waals surface area contributed by atoms with Gasteiger partial charge in [-0.1, -0.05) is 11.3 Å². The molecule has 0 nitrogen and oxygen atoms in total. The van der Waals surface area contributed by atoms with Crippen molar-refractivity contribution in [3.8, 4) is 0 Å². The lowest BCUT2D eigenvalue weighted by molar-refractivity contribution is 0.621. The maximum Gasteiger partial charge on any atom is 0.136 e. The Kier molecular flexibility index (Phi) is 2.23. The van der Waals surface area contributed by atoms with E-state index in [4.69, 9.17) is 0 Å². The minimum Gasteiger partial charge on any atom is -0.206 e. The molecule has 9 heavy (non-hydrogen) atoms. The molecular formula is C6H3FISi. The zero-order valence-electron chi connectivity index (χ0n) is 4.49. The molecule has 0 N–H and O–H groups in total. The first-order valence-electron chi connectivity index (χ1n) is 2.37. The predicted octanol–water partition coefficient (Wildman–Crippen LogP) is 1.22. The molecule has 0 spiro atoms. The van der Waals surface area contributed by atoms with Gasteiger partial charge in [-0.15, -0.1) is 0 Å². The van der Waals surface area contributed by atoms with Crippen molar-refractivity contribution < 1.29 is 4.39 Å². The van der Waals surface area contributed by atoms with Gasteiger partial charge in [0.2, 0.25) is 0 Å². The average molecular weight is 249 g/mol. The highest BCUT2D eigenvalue weighted by molar-refractivity contribution is 14.1. The first kappa shape index (κ1) is 7.21. The smallest absolute Gasteiger partial charge is 0.136 e. The molecule has 0 atom stereocenters. The summed E-state index contributed by atoms with van der Waals surface area (Å²) in [5.74, 6) is -0.169. The summed E-state index contributed by atoms with van der Waals surface area (Å²) in [6.07, 6.45) is 0. The third-order valence-electron chi connectivity index (χ3n) is 0.920. The van der Waals surface area contributed by atoms with E-state index in [9.17, 15) is 4.39 Å². The van der Waals surface area contributed by atoms with Crippen LogP contribution in [0.15, 0.2) is 18.2 Å². The van der Waals surface area contributed by atoms with Crippen molar-refractivity contribution in [1.82, 2.24) is 0 Å². The number of halogens is 2. The molecular weight excluding hydrogens is 246 g/mol. The highest BCUT2D eigenvalue weighted by Crippen LogP contribution is 2.06. The van der Waals surface area contributed by atoms with Crippen molar-refractivity contribution in [1.29, 1.82) is 0 Å². The molecule has 1 aromatic rings. The highest BCUT2D eigenvalue weighted by atomic mass is 127. The van der Waals surface area contributed by atoms with Crippen LogP contribution >= 0.6 is 22.6 Å². The molecule has 1 rings (SSSR count). The van der Waals surface area contributed by atoms with Crippen molar-refractivity contribution in [2.45, 2.75) is 0 Å². The fourth-order valence-corrected chi connectivity index (χ4v) is 1.53. The summed E-state index contributed by atoms with van der Waals surface area (Å²) in [6, 6.07) is 4.84. The molecule has 45 valence electrons. The van der Waals surface area contributed by atoms with Gasteiger partial charge in [-0.3, -0.25) is 0 Å². The van der Waals surface area contributed by atoms with Gasteiger partial charge < -0.3 is 0 Å². The van der Waals surface area contributed by atoms with Crippen LogP contribution in [0.2, 0.25) is 0 Å². The summed E-state index contributed by atoms with van der Waals surface area (Å²) < 4.78 is 13.1. The van der Waals surface area contributed by atoms with E-state index < -0.39 is 0 Å². The number of hydrogen-bond acceptors (Lipinski definition) is 0. The quantitative estimate of drug-likeness (QED) is 0.479. The highest BCUT2D eigenvalue weighted by Gasteiger charge is 1.94. The first-order valence-corrected chi connectivity index (χ1v) is 3.94. The van der Waals surface area contributed by atoms with Crippen molar-refractivity contribution in [3.63, 3.8) is 0 Å². The first-order chi connectivity index (χ1) is 4.20. The van der Waals surface area contributed by atoms with E-state index in [1.54, 1.807) is 12.1 Å². The second kappa shape index (κ2) is 2.79. The van der Waals surface area contributed by atoms with Crippen molar-refractivity contribution >= 4 is 38.0 Å².